The topological polar surface area (TPSA) is 151 Å². The van der Waals surface area contributed by atoms with E-state index in [4.69, 9.17) is 19.7 Å². The average Bonchev–Trinajstić information content (AvgIpc) is 2.75. The summed E-state index contributed by atoms with van der Waals surface area (Å²) in [6.45, 7) is 0.492. The second kappa shape index (κ2) is 12.5. The molecule has 0 atom stereocenters. The molecule has 1 fully saturated rings. The van der Waals surface area contributed by atoms with Gasteiger partial charge < -0.3 is 30.3 Å². The van der Waals surface area contributed by atoms with Crippen molar-refractivity contribution < 1.29 is 38.9 Å². The Hall–Kier alpha value is -3.14. The Morgan fingerprint density at radius 1 is 1.00 bits per heavy atom. The van der Waals surface area contributed by atoms with Crippen molar-refractivity contribution in [3.63, 3.8) is 0 Å². The molecule has 0 aliphatic carbocycles. The van der Waals surface area contributed by atoms with Crippen LogP contribution in [0, 0.1) is 5.92 Å². The fraction of sp³-hybridized carbons (Fsp3) is 0.524. The molecule has 10 heteroatoms. The van der Waals surface area contributed by atoms with Crippen LogP contribution in [0.2, 0.25) is 0 Å². The number of aliphatic carboxylic acids is 2. The first-order chi connectivity index (χ1) is 14.8. The van der Waals surface area contributed by atoms with Crippen LogP contribution in [0.3, 0.4) is 0 Å². The molecule has 2 rings (SSSR count). The molecule has 1 aromatic rings. The van der Waals surface area contributed by atoms with Crippen LogP contribution >= 0.6 is 0 Å². The van der Waals surface area contributed by atoms with E-state index in [2.05, 4.69) is 10.6 Å². The van der Waals surface area contributed by atoms with E-state index in [1.807, 2.05) is 0 Å². The number of carbonyl (C=O) groups is 4. The number of carbonyl (C=O) groups excluding carboxylic acids is 2. The minimum Gasteiger partial charge on any atom is -0.479 e. The van der Waals surface area contributed by atoms with Gasteiger partial charge in [0, 0.05) is 12.0 Å². The summed E-state index contributed by atoms with van der Waals surface area (Å²) in [5.74, 6) is -2.47. The number of ketones is 1. The van der Waals surface area contributed by atoms with E-state index in [0.717, 1.165) is 38.8 Å². The Labute approximate surface area is 179 Å². The highest BCUT2D eigenvalue weighted by molar-refractivity contribution is 5.99. The minimum absolute atomic E-state index is 0.00199. The lowest BCUT2D eigenvalue weighted by Crippen LogP contribution is -2.30. The number of Topliss-reactive ketones (excluding diaryl/α,β-unsaturated/α-hetero) is 1. The van der Waals surface area contributed by atoms with Gasteiger partial charge in [0.25, 0.3) is 0 Å². The number of hydrogen-bond donors (Lipinski definition) is 4. The standard InChI is InChI=1S/C21H28N2O8/c24-16(11-23-19(25)3-1-2-14-6-8-22-9-7-14)15-4-5-17(30-12-20(26)27)18(10-15)31-13-21(28)29/h4-5,10,14,22H,1-3,6-9,11-13H2,(H,23,25)(H,26,27)(H,28,29). The van der Waals surface area contributed by atoms with Gasteiger partial charge in [0.2, 0.25) is 5.91 Å². The molecule has 1 aliphatic heterocycles. The van der Waals surface area contributed by atoms with Crippen LogP contribution < -0.4 is 20.1 Å². The summed E-state index contributed by atoms with van der Waals surface area (Å²) in [7, 11) is 0. The van der Waals surface area contributed by atoms with Gasteiger partial charge in [0.15, 0.2) is 30.5 Å². The van der Waals surface area contributed by atoms with Crippen molar-refractivity contribution in [3.05, 3.63) is 23.8 Å². The van der Waals surface area contributed by atoms with Crippen LogP contribution in [0.15, 0.2) is 18.2 Å². The molecule has 0 saturated carbocycles. The normalized spacial score (nSPS) is 13.9. The first kappa shape index (κ1) is 24.1. The van der Waals surface area contributed by atoms with Crippen molar-refractivity contribution in [2.75, 3.05) is 32.8 Å². The molecule has 1 amide bonds. The third-order valence-electron chi connectivity index (χ3n) is 4.89. The number of nitrogens with one attached hydrogen (secondary N) is 2. The van der Waals surface area contributed by atoms with Crippen molar-refractivity contribution in [3.8, 4) is 11.5 Å². The highest BCUT2D eigenvalue weighted by Crippen LogP contribution is 2.28. The van der Waals surface area contributed by atoms with Gasteiger partial charge in [-0.25, -0.2) is 9.59 Å². The molecule has 4 N–H and O–H groups in total. The Morgan fingerprint density at radius 2 is 1.65 bits per heavy atom. The molecule has 0 spiro atoms. The SMILES string of the molecule is O=C(O)COc1ccc(C(=O)CNC(=O)CCCC2CCNCC2)cc1OCC(=O)O. The maximum atomic E-state index is 12.4. The molecule has 0 radical (unpaired) electrons. The maximum absolute atomic E-state index is 12.4. The van der Waals surface area contributed by atoms with Crippen molar-refractivity contribution >= 4 is 23.6 Å². The van der Waals surface area contributed by atoms with Crippen LogP contribution in [-0.2, 0) is 14.4 Å². The summed E-state index contributed by atoms with van der Waals surface area (Å²) in [5, 5.41) is 23.4. The van der Waals surface area contributed by atoms with E-state index in [-0.39, 0.29) is 29.5 Å². The van der Waals surface area contributed by atoms with E-state index in [1.54, 1.807) is 0 Å². The molecule has 1 aliphatic rings. The third kappa shape index (κ3) is 9.04. The van der Waals surface area contributed by atoms with Gasteiger partial charge in [-0.1, -0.05) is 0 Å². The van der Waals surface area contributed by atoms with Crippen molar-refractivity contribution in [2.45, 2.75) is 32.1 Å². The average molecular weight is 436 g/mol. The van der Waals surface area contributed by atoms with E-state index in [1.165, 1.54) is 18.2 Å². The van der Waals surface area contributed by atoms with Gasteiger partial charge in [0.1, 0.15) is 0 Å². The van der Waals surface area contributed by atoms with E-state index in [0.29, 0.717) is 12.3 Å². The number of benzene rings is 1. The molecule has 31 heavy (non-hydrogen) atoms. The summed E-state index contributed by atoms with van der Waals surface area (Å²) in [4.78, 5) is 45.9. The Morgan fingerprint density at radius 3 is 2.29 bits per heavy atom. The molecule has 0 unspecified atom stereocenters. The predicted octanol–water partition coefficient (Wildman–Crippen LogP) is 1.08. The number of carboxylic acids is 2. The number of rotatable bonds is 13. The maximum Gasteiger partial charge on any atom is 0.341 e. The van der Waals surface area contributed by atoms with Crippen LogP contribution in [0.5, 0.6) is 11.5 Å². The van der Waals surface area contributed by atoms with Gasteiger partial charge in [-0.2, -0.15) is 0 Å². The van der Waals surface area contributed by atoms with Crippen LogP contribution in [0.1, 0.15) is 42.5 Å². The van der Waals surface area contributed by atoms with E-state index < -0.39 is 30.9 Å². The van der Waals surface area contributed by atoms with Crippen LogP contribution in [0.25, 0.3) is 0 Å². The zero-order valence-electron chi connectivity index (χ0n) is 17.2. The summed E-state index contributed by atoms with van der Waals surface area (Å²) in [5.41, 5.74) is 0.179. The second-order valence-corrected chi connectivity index (χ2v) is 7.31. The fourth-order valence-electron chi connectivity index (χ4n) is 3.28. The molecule has 10 nitrogen and oxygen atoms in total. The van der Waals surface area contributed by atoms with Gasteiger partial charge in [-0.15, -0.1) is 0 Å². The monoisotopic (exact) mass is 436 g/mol. The lowest BCUT2D eigenvalue weighted by molar-refractivity contribution is -0.140. The smallest absolute Gasteiger partial charge is 0.341 e. The quantitative estimate of drug-likeness (QED) is 0.333. The molecule has 1 aromatic carbocycles. The highest BCUT2D eigenvalue weighted by Gasteiger charge is 2.16. The summed E-state index contributed by atoms with van der Waals surface area (Å²) >= 11 is 0. The zero-order chi connectivity index (χ0) is 22.6. The molecular formula is C21H28N2O8. The Balaban J connectivity index is 1.85. The number of amides is 1. The van der Waals surface area contributed by atoms with Gasteiger partial charge >= 0.3 is 11.9 Å². The number of carboxylic acid groups (broad SMARTS) is 2. The lowest BCUT2D eigenvalue weighted by atomic mass is 9.92. The Bertz CT molecular complexity index is 790. The van der Waals surface area contributed by atoms with Gasteiger partial charge in [0.05, 0.1) is 6.54 Å². The summed E-state index contributed by atoms with van der Waals surface area (Å²) in [6.07, 6.45) is 4.36. The van der Waals surface area contributed by atoms with Gasteiger partial charge in [-0.3, -0.25) is 9.59 Å². The van der Waals surface area contributed by atoms with E-state index in [9.17, 15) is 19.2 Å². The van der Waals surface area contributed by atoms with Crippen molar-refractivity contribution in [2.24, 2.45) is 5.92 Å². The molecule has 1 saturated heterocycles. The largest absolute Gasteiger partial charge is 0.479 e. The summed E-state index contributed by atoms with van der Waals surface area (Å²) in [6, 6.07) is 4.00. The Kier molecular flexibility index (Phi) is 9.76. The number of hydrogen-bond acceptors (Lipinski definition) is 7. The molecule has 1 heterocycles. The lowest BCUT2D eigenvalue weighted by Gasteiger charge is -2.22. The number of ether oxygens (including phenoxy) is 2. The minimum atomic E-state index is -1.24. The van der Waals surface area contributed by atoms with Crippen molar-refractivity contribution in [1.82, 2.24) is 10.6 Å². The van der Waals surface area contributed by atoms with Crippen molar-refractivity contribution in [1.29, 1.82) is 0 Å². The van der Waals surface area contributed by atoms with Crippen LogP contribution in [-0.4, -0.2) is 66.7 Å². The molecule has 0 bridgehead atoms. The third-order valence-corrected chi connectivity index (χ3v) is 4.89. The van der Waals surface area contributed by atoms with Crippen LogP contribution in [0.4, 0.5) is 0 Å². The predicted molar refractivity (Wildman–Crippen MR) is 109 cm³/mol. The second-order valence-electron chi connectivity index (χ2n) is 7.31. The zero-order valence-corrected chi connectivity index (χ0v) is 17.2. The van der Waals surface area contributed by atoms with Gasteiger partial charge in [-0.05, 0) is 62.9 Å². The molecule has 170 valence electrons. The first-order valence-corrected chi connectivity index (χ1v) is 10.2. The molecule has 0 aromatic heterocycles. The summed E-state index contributed by atoms with van der Waals surface area (Å²) < 4.78 is 10.2. The molecular weight excluding hydrogens is 408 g/mol. The number of piperidine rings is 1. The fourth-order valence-corrected chi connectivity index (χ4v) is 3.28. The van der Waals surface area contributed by atoms with E-state index >= 15 is 0 Å². The first-order valence-electron chi connectivity index (χ1n) is 10.2. The highest BCUT2D eigenvalue weighted by atomic mass is 16.5.